The number of piperidine rings is 1. The average molecular weight is 462 g/mol. The summed E-state index contributed by atoms with van der Waals surface area (Å²) in [6.45, 7) is 2.70. The van der Waals surface area contributed by atoms with Gasteiger partial charge in [-0.05, 0) is 61.4 Å². The molecule has 0 radical (unpaired) electrons. The van der Waals surface area contributed by atoms with Gasteiger partial charge in [0.2, 0.25) is 11.8 Å². The summed E-state index contributed by atoms with van der Waals surface area (Å²) in [7, 11) is 0. The van der Waals surface area contributed by atoms with Gasteiger partial charge in [0, 0.05) is 37.5 Å². The van der Waals surface area contributed by atoms with E-state index in [-0.39, 0.29) is 30.2 Å². The molecule has 1 aliphatic carbocycles. The Morgan fingerprint density at radius 3 is 2.35 bits per heavy atom. The van der Waals surface area contributed by atoms with Gasteiger partial charge in [0.25, 0.3) is 5.91 Å². The highest BCUT2D eigenvalue weighted by molar-refractivity contribution is 6.05. The SMILES string of the molecule is O=C1CCC(N2Cc3cc(OC4CCCC4)ccc3C2=O)C(=O)N1.c1ccc(C2CNC2)cc1. The zero-order valence-corrected chi connectivity index (χ0v) is 19.3. The molecule has 0 bridgehead atoms. The first-order valence-electron chi connectivity index (χ1n) is 12.3. The van der Waals surface area contributed by atoms with Crippen molar-refractivity contribution in [2.45, 2.75) is 63.1 Å². The van der Waals surface area contributed by atoms with Crippen LogP contribution in [0.15, 0.2) is 48.5 Å². The Kier molecular flexibility index (Phi) is 6.63. The van der Waals surface area contributed by atoms with Crippen molar-refractivity contribution in [1.29, 1.82) is 0 Å². The highest BCUT2D eigenvalue weighted by Crippen LogP contribution is 2.32. The largest absolute Gasteiger partial charge is 0.490 e. The van der Waals surface area contributed by atoms with E-state index in [4.69, 9.17) is 4.74 Å². The average Bonchev–Trinajstić information content (AvgIpc) is 3.42. The zero-order chi connectivity index (χ0) is 23.5. The molecule has 7 heteroatoms. The summed E-state index contributed by atoms with van der Waals surface area (Å²) < 4.78 is 6.00. The van der Waals surface area contributed by atoms with Crippen molar-refractivity contribution >= 4 is 17.7 Å². The summed E-state index contributed by atoms with van der Waals surface area (Å²) in [6.07, 6.45) is 5.50. The van der Waals surface area contributed by atoms with Crippen LogP contribution in [0.25, 0.3) is 0 Å². The van der Waals surface area contributed by atoms with Crippen molar-refractivity contribution in [3.05, 3.63) is 65.2 Å². The molecule has 6 rings (SSSR count). The van der Waals surface area contributed by atoms with E-state index in [2.05, 4.69) is 41.0 Å². The van der Waals surface area contributed by atoms with Crippen molar-refractivity contribution in [1.82, 2.24) is 15.5 Å². The first kappa shape index (κ1) is 22.6. The Morgan fingerprint density at radius 1 is 0.912 bits per heavy atom. The molecular formula is C27H31N3O4. The van der Waals surface area contributed by atoms with Crippen LogP contribution in [0.5, 0.6) is 5.75 Å². The Balaban J connectivity index is 0.000000200. The third-order valence-electron chi connectivity index (χ3n) is 7.15. The van der Waals surface area contributed by atoms with Crippen LogP contribution in [0, 0.1) is 0 Å². The molecule has 0 spiro atoms. The number of nitrogens with zero attached hydrogens (tertiary/aromatic N) is 1. The molecule has 2 N–H and O–H groups in total. The number of nitrogens with one attached hydrogen (secondary N) is 2. The molecule has 3 aliphatic heterocycles. The highest BCUT2D eigenvalue weighted by Gasteiger charge is 2.39. The van der Waals surface area contributed by atoms with E-state index in [0.29, 0.717) is 18.5 Å². The highest BCUT2D eigenvalue weighted by atomic mass is 16.5. The van der Waals surface area contributed by atoms with E-state index in [9.17, 15) is 14.4 Å². The molecular weight excluding hydrogens is 430 g/mol. The van der Waals surface area contributed by atoms with Gasteiger partial charge in [-0.15, -0.1) is 0 Å². The Bertz CT molecular complexity index is 1060. The van der Waals surface area contributed by atoms with Crippen molar-refractivity contribution in [3.63, 3.8) is 0 Å². The van der Waals surface area contributed by atoms with Crippen LogP contribution < -0.4 is 15.4 Å². The number of rotatable bonds is 4. The van der Waals surface area contributed by atoms with Crippen LogP contribution in [0.3, 0.4) is 0 Å². The van der Waals surface area contributed by atoms with Crippen LogP contribution in [0.4, 0.5) is 0 Å². The lowest BCUT2D eigenvalue weighted by Gasteiger charge is -2.29. The summed E-state index contributed by atoms with van der Waals surface area (Å²) in [5.41, 5.74) is 2.99. The molecule has 7 nitrogen and oxygen atoms in total. The van der Waals surface area contributed by atoms with E-state index in [1.165, 1.54) is 18.4 Å². The second-order valence-corrected chi connectivity index (χ2v) is 9.51. The second kappa shape index (κ2) is 9.97. The Morgan fingerprint density at radius 2 is 1.68 bits per heavy atom. The van der Waals surface area contributed by atoms with Gasteiger partial charge in [-0.3, -0.25) is 19.7 Å². The summed E-state index contributed by atoms with van der Waals surface area (Å²) in [4.78, 5) is 37.5. The molecule has 1 saturated carbocycles. The predicted molar refractivity (Wildman–Crippen MR) is 127 cm³/mol. The number of amides is 3. The molecule has 1 atom stereocenters. The molecule has 1 unspecified atom stereocenters. The molecule has 2 aromatic rings. The second-order valence-electron chi connectivity index (χ2n) is 9.51. The first-order chi connectivity index (χ1) is 16.6. The fraction of sp³-hybridized carbons (Fsp3) is 0.444. The van der Waals surface area contributed by atoms with Crippen LogP contribution in [-0.2, 0) is 16.1 Å². The maximum Gasteiger partial charge on any atom is 0.255 e. The molecule has 34 heavy (non-hydrogen) atoms. The number of hydrogen-bond donors (Lipinski definition) is 2. The number of hydrogen-bond acceptors (Lipinski definition) is 5. The molecule has 2 aromatic carbocycles. The number of ether oxygens (including phenoxy) is 1. The van der Waals surface area contributed by atoms with E-state index in [0.717, 1.165) is 43.2 Å². The lowest BCUT2D eigenvalue weighted by molar-refractivity contribution is -0.136. The Hall–Kier alpha value is -3.19. The molecule has 3 fully saturated rings. The van der Waals surface area contributed by atoms with E-state index >= 15 is 0 Å². The topological polar surface area (TPSA) is 87.7 Å². The van der Waals surface area contributed by atoms with Gasteiger partial charge in [0.05, 0.1) is 6.10 Å². The van der Waals surface area contributed by atoms with Crippen molar-refractivity contribution in [2.24, 2.45) is 0 Å². The lowest BCUT2D eigenvalue weighted by atomic mass is 9.94. The minimum absolute atomic E-state index is 0.146. The standard InChI is InChI=1S/C18H20N2O4.C9H11N/c21-16-8-7-15(17(22)19-16)20-10-11-9-13(5-6-14(11)18(20)23)24-12-3-1-2-4-12;1-2-4-8(5-3-1)9-6-10-7-9/h5-6,9,12,15H,1-4,7-8,10H2,(H,19,21,22);1-5,9-10H,6-7H2. The van der Waals surface area contributed by atoms with Gasteiger partial charge in [-0.2, -0.15) is 0 Å². The summed E-state index contributed by atoms with van der Waals surface area (Å²) in [5.74, 6) is 0.772. The van der Waals surface area contributed by atoms with Crippen molar-refractivity contribution < 1.29 is 19.1 Å². The van der Waals surface area contributed by atoms with Gasteiger partial charge in [0.1, 0.15) is 11.8 Å². The third-order valence-corrected chi connectivity index (χ3v) is 7.15. The van der Waals surface area contributed by atoms with Crippen LogP contribution in [0.1, 0.15) is 65.9 Å². The van der Waals surface area contributed by atoms with Crippen LogP contribution in [0.2, 0.25) is 0 Å². The number of carbonyl (C=O) groups excluding carboxylic acids is 3. The van der Waals surface area contributed by atoms with Gasteiger partial charge < -0.3 is 15.0 Å². The molecule has 178 valence electrons. The molecule has 2 saturated heterocycles. The van der Waals surface area contributed by atoms with Gasteiger partial charge in [-0.1, -0.05) is 30.3 Å². The number of fused-ring (bicyclic) bond motifs is 1. The zero-order valence-electron chi connectivity index (χ0n) is 19.3. The number of carbonyl (C=O) groups is 3. The van der Waals surface area contributed by atoms with Gasteiger partial charge in [0.15, 0.2) is 0 Å². The van der Waals surface area contributed by atoms with E-state index < -0.39 is 6.04 Å². The third kappa shape index (κ3) is 4.85. The summed E-state index contributed by atoms with van der Waals surface area (Å²) >= 11 is 0. The fourth-order valence-electron chi connectivity index (χ4n) is 5.07. The quantitative estimate of drug-likeness (QED) is 0.683. The fourth-order valence-corrected chi connectivity index (χ4v) is 5.07. The first-order valence-corrected chi connectivity index (χ1v) is 12.3. The van der Waals surface area contributed by atoms with E-state index in [1.54, 1.807) is 11.0 Å². The maximum atomic E-state index is 12.6. The predicted octanol–water partition coefficient (Wildman–Crippen LogP) is 3.14. The molecule has 0 aromatic heterocycles. The minimum atomic E-state index is -0.568. The smallest absolute Gasteiger partial charge is 0.255 e. The molecule has 4 aliphatic rings. The normalized spacial score (nSPS) is 22.5. The lowest BCUT2D eigenvalue weighted by Crippen LogP contribution is -2.52. The minimum Gasteiger partial charge on any atom is -0.490 e. The summed E-state index contributed by atoms with van der Waals surface area (Å²) in [6, 6.07) is 15.6. The Labute approximate surface area is 199 Å². The van der Waals surface area contributed by atoms with Crippen molar-refractivity contribution in [3.8, 4) is 5.75 Å². The van der Waals surface area contributed by atoms with Gasteiger partial charge >= 0.3 is 0 Å². The number of benzene rings is 2. The maximum absolute atomic E-state index is 12.6. The molecule has 3 heterocycles. The van der Waals surface area contributed by atoms with Gasteiger partial charge in [-0.25, -0.2) is 0 Å². The van der Waals surface area contributed by atoms with Crippen LogP contribution in [-0.4, -0.2) is 47.9 Å². The monoisotopic (exact) mass is 461 g/mol. The van der Waals surface area contributed by atoms with Crippen molar-refractivity contribution in [2.75, 3.05) is 13.1 Å². The number of imide groups is 1. The summed E-state index contributed by atoms with van der Waals surface area (Å²) in [5, 5.41) is 5.58. The van der Waals surface area contributed by atoms with E-state index in [1.807, 2.05) is 12.1 Å². The van der Waals surface area contributed by atoms with Crippen LogP contribution >= 0.6 is 0 Å². The molecule has 3 amide bonds.